The predicted octanol–water partition coefficient (Wildman–Crippen LogP) is 5.94. The van der Waals surface area contributed by atoms with Crippen molar-refractivity contribution in [2.75, 3.05) is 13.7 Å². The Hall–Kier alpha value is -2.44. The van der Waals surface area contributed by atoms with Crippen LogP contribution in [0.1, 0.15) is 65.4 Å². The van der Waals surface area contributed by atoms with Gasteiger partial charge in [0.1, 0.15) is 17.1 Å². The normalized spacial score (nSPS) is 40.9. The van der Waals surface area contributed by atoms with Crippen LogP contribution in [0, 0.1) is 28.1 Å². The molecule has 8 rings (SSSR count). The summed E-state index contributed by atoms with van der Waals surface area (Å²) in [4.78, 5) is 17.5. The van der Waals surface area contributed by atoms with Crippen molar-refractivity contribution in [1.29, 1.82) is 0 Å². The molecule has 4 fully saturated rings. The van der Waals surface area contributed by atoms with E-state index in [0.29, 0.717) is 35.3 Å². The first-order chi connectivity index (χ1) is 17.6. The zero-order valence-corrected chi connectivity index (χ0v) is 22.6. The molecule has 2 aromatic heterocycles. The van der Waals surface area contributed by atoms with Gasteiger partial charge in [-0.3, -0.25) is 4.98 Å². The standard InChI is InChI=1S/C31H37NO5/c1-19-8-9-25-28(4,11-10-24-27(2,3)31(34-5)13-12-29(24,25)18-35-31)30(19)16-21-23(37-30)15-22(36-26(21)33)20-7-6-14-32-17-20/h6-8,14-15,17,24-25H,9-13,16,18H2,1-5H3/t24-,25-,28+,29+,30-,31-/m0/s1. The maximum atomic E-state index is 13.3. The van der Waals surface area contributed by atoms with Crippen LogP contribution in [0.5, 0.6) is 5.75 Å². The van der Waals surface area contributed by atoms with E-state index >= 15 is 0 Å². The van der Waals surface area contributed by atoms with Gasteiger partial charge in [-0.1, -0.05) is 26.8 Å². The summed E-state index contributed by atoms with van der Waals surface area (Å²) in [5.41, 5.74) is 1.68. The van der Waals surface area contributed by atoms with Gasteiger partial charge in [0.15, 0.2) is 5.79 Å². The van der Waals surface area contributed by atoms with Gasteiger partial charge in [0.25, 0.3) is 0 Å². The zero-order valence-electron chi connectivity index (χ0n) is 22.6. The van der Waals surface area contributed by atoms with E-state index < -0.39 is 11.4 Å². The van der Waals surface area contributed by atoms with Gasteiger partial charge in [-0.15, -0.1) is 0 Å². The molecule has 0 aromatic carbocycles. The van der Waals surface area contributed by atoms with Crippen LogP contribution in [0.3, 0.4) is 0 Å². The van der Waals surface area contributed by atoms with Gasteiger partial charge in [-0.2, -0.15) is 0 Å². The average molecular weight is 504 g/mol. The maximum Gasteiger partial charge on any atom is 0.343 e. The Morgan fingerprint density at radius 3 is 2.68 bits per heavy atom. The summed E-state index contributed by atoms with van der Waals surface area (Å²) in [6.45, 7) is 10.1. The number of allylic oxidation sites excluding steroid dienone is 1. The summed E-state index contributed by atoms with van der Waals surface area (Å²) in [6.07, 6.45) is 11.6. The molecule has 6 atom stereocenters. The third-order valence-corrected chi connectivity index (χ3v) is 11.7. The van der Waals surface area contributed by atoms with E-state index in [1.807, 2.05) is 25.3 Å². The van der Waals surface area contributed by atoms with Crippen molar-refractivity contribution in [3.8, 4) is 17.1 Å². The molecule has 0 unspecified atom stereocenters. The summed E-state index contributed by atoms with van der Waals surface area (Å²) in [7, 11) is 1.81. The van der Waals surface area contributed by atoms with E-state index in [9.17, 15) is 4.79 Å². The lowest BCUT2D eigenvalue weighted by Crippen LogP contribution is -2.74. The Labute approximate surface area is 218 Å². The molecule has 2 bridgehead atoms. The Kier molecular flexibility index (Phi) is 4.70. The van der Waals surface area contributed by atoms with Crippen LogP contribution >= 0.6 is 0 Å². The van der Waals surface area contributed by atoms with E-state index in [2.05, 4.69) is 38.8 Å². The second kappa shape index (κ2) is 7.35. The lowest BCUT2D eigenvalue weighted by Gasteiger charge is -2.73. The molecule has 196 valence electrons. The Balaban J connectivity index is 1.32. The van der Waals surface area contributed by atoms with Crippen molar-refractivity contribution >= 4 is 0 Å². The highest BCUT2D eigenvalue weighted by atomic mass is 16.7. The summed E-state index contributed by atoms with van der Waals surface area (Å²) in [5, 5.41) is 0. The second-order valence-corrected chi connectivity index (χ2v) is 13.0. The topological polar surface area (TPSA) is 70.8 Å². The van der Waals surface area contributed by atoms with Crippen LogP contribution in [-0.2, 0) is 15.9 Å². The zero-order chi connectivity index (χ0) is 25.8. The monoisotopic (exact) mass is 503 g/mol. The molecular formula is C31H37NO5. The fourth-order valence-corrected chi connectivity index (χ4v) is 9.70. The Bertz CT molecular complexity index is 1350. The molecule has 5 heterocycles. The number of methoxy groups -OCH3 is 1. The van der Waals surface area contributed by atoms with Crippen LogP contribution in [-0.4, -0.2) is 30.1 Å². The predicted molar refractivity (Wildman–Crippen MR) is 139 cm³/mol. The third kappa shape index (κ3) is 2.69. The number of aromatic nitrogens is 1. The molecule has 2 spiro atoms. The second-order valence-electron chi connectivity index (χ2n) is 13.0. The minimum atomic E-state index is -0.558. The van der Waals surface area contributed by atoms with Gasteiger partial charge in [0, 0.05) is 60.2 Å². The van der Waals surface area contributed by atoms with Crippen molar-refractivity contribution in [2.24, 2.45) is 28.1 Å². The molecule has 2 aromatic rings. The molecule has 2 saturated carbocycles. The molecule has 3 aliphatic heterocycles. The van der Waals surface area contributed by atoms with Crippen molar-refractivity contribution in [1.82, 2.24) is 4.98 Å². The number of fused-ring (bicyclic) bond motifs is 5. The molecule has 2 saturated heterocycles. The van der Waals surface area contributed by atoms with Crippen molar-refractivity contribution in [2.45, 2.75) is 77.6 Å². The minimum Gasteiger partial charge on any atom is -0.481 e. The highest BCUT2D eigenvalue weighted by Gasteiger charge is 2.74. The first-order valence-corrected chi connectivity index (χ1v) is 13.8. The number of ether oxygens (including phenoxy) is 3. The van der Waals surface area contributed by atoms with E-state index in [0.717, 1.165) is 44.3 Å². The molecule has 37 heavy (non-hydrogen) atoms. The molecule has 6 nitrogen and oxygen atoms in total. The van der Waals surface area contributed by atoms with Gasteiger partial charge >= 0.3 is 5.63 Å². The SMILES string of the molecule is CO[C@@]12CC[C@]3(CO1)[C@H]1CC=C(C)[C@@]4(Cc5c(cc(-c6cccnc6)oc5=O)O4)[C@]1(C)CC[C@H]3C2(C)C. The molecule has 3 aliphatic carbocycles. The number of hydrogen-bond donors (Lipinski definition) is 0. The van der Waals surface area contributed by atoms with Crippen LogP contribution in [0.2, 0.25) is 0 Å². The summed E-state index contributed by atoms with van der Waals surface area (Å²) in [6, 6.07) is 5.64. The van der Waals surface area contributed by atoms with Crippen LogP contribution in [0.25, 0.3) is 11.3 Å². The van der Waals surface area contributed by atoms with E-state index in [4.69, 9.17) is 18.6 Å². The van der Waals surface area contributed by atoms with Gasteiger partial charge < -0.3 is 18.6 Å². The van der Waals surface area contributed by atoms with Crippen molar-refractivity contribution in [3.63, 3.8) is 0 Å². The quantitative estimate of drug-likeness (QED) is 0.473. The fourth-order valence-electron chi connectivity index (χ4n) is 9.70. The number of rotatable bonds is 2. The van der Waals surface area contributed by atoms with Crippen molar-refractivity contribution in [3.05, 3.63) is 58.2 Å². The summed E-state index contributed by atoms with van der Waals surface area (Å²) >= 11 is 0. The third-order valence-electron chi connectivity index (χ3n) is 11.7. The first-order valence-electron chi connectivity index (χ1n) is 13.8. The van der Waals surface area contributed by atoms with Gasteiger partial charge in [-0.05, 0) is 62.1 Å². The molecule has 0 amide bonds. The maximum absolute atomic E-state index is 13.3. The van der Waals surface area contributed by atoms with Gasteiger partial charge in [0.2, 0.25) is 0 Å². The lowest BCUT2D eigenvalue weighted by atomic mass is 9.36. The molecular weight excluding hydrogens is 466 g/mol. The van der Waals surface area contributed by atoms with Crippen molar-refractivity contribution < 1.29 is 18.6 Å². The Morgan fingerprint density at radius 1 is 1.14 bits per heavy atom. The highest BCUT2D eigenvalue weighted by molar-refractivity contribution is 5.59. The number of hydrogen-bond acceptors (Lipinski definition) is 6. The van der Waals surface area contributed by atoms with E-state index in [-0.39, 0.29) is 21.9 Å². The van der Waals surface area contributed by atoms with Crippen LogP contribution < -0.4 is 10.4 Å². The minimum absolute atomic E-state index is 0.0673. The summed E-state index contributed by atoms with van der Waals surface area (Å²) < 4.78 is 25.6. The molecule has 6 heteroatoms. The first kappa shape index (κ1) is 23.7. The smallest absolute Gasteiger partial charge is 0.343 e. The highest BCUT2D eigenvalue weighted by Crippen LogP contribution is 2.74. The fraction of sp³-hybridized carbons (Fsp3) is 0.613. The van der Waals surface area contributed by atoms with Crippen LogP contribution in [0.15, 0.2) is 51.5 Å². The average Bonchev–Trinajstić information content (AvgIpc) is 3.30. The molecule has 0 N–H and O–H groups in total. The lowest BCUT2D eigenvalue weighted by molar-refractivity contribution is -0.402. The molecule has 0 radical (unpaired) electrons. The Morgan fingerprint density at radius 2 is 1.97 bits per heavy atom. The number of nitrogens with zero attached hydrogens (tertiary/aromatic N) is 1. The number of pyridine rings is 1. The summed E-state index contributed by atoms with van der Waals surface area (Å²) in [5.74, 6) is 1.59. The van der Waals surface area contributed by atoms with E-state index in [1.54, 1.807) is 12.4 Å². The van der Waals surface area contributed by atoms with E-state index in [1.165, 1.54) is 5.57 Å². The largest absolute Gasteiger partial charge is 0.481 e. The molecule has 6 aliphatic rings. The van der Waals surface area contributed by atoms with Crippen LogP contribution in [0.4, 0.5) is 0 Å². The van der Waals surface area contributed by atoms with Gasteiger partial charge in [-0.25, -0.2) is 4.79 Å². The van der Waals surface area contributed by atoms with Gasteiger partial charge in [0.05, 0.1) is 12.2 Å².